The minimum Gasteiger partial charge on any atom is -0.385 e. The van der Waals surface area contributed by atoms with Gasteiger partial charge in [0, 0.05) is 0 Å². The number of aliphatic hydroxyl groups is 1. The molecule has 0 saturated heterocycles. The van der Waals surface area contributed by atoms with Crippen molar-refractivity contribution < 1.29 is 13.9 Å². The van der Waals surface area contributed by atoms with E-state index in [4.69, 9.17) is 5.11 Å². The fraction of sp³-hybridized carbons (Fsp3) is 1.00. The first kappa shape index (κ1) is 12.1. The number of rotatable bonds is 6. The molecule has 0 amide bonds. The second-order valence-corrected chi connectivity index (χ2v) is 3.41. The third kappa shape index (κ3) is 5.72. The molecule has 0 aromatic rings. The number of hydrogen-bond donors (Lipinski definition) is 1. The lowest BCUT2D eigenvalue weighted by Crippen LogP contribution is -2.26. The summed E-state index contributed by atoms with van der Waals surface area (Å²) in [6, 6.07) is 0. The number of alkyl halides is 3. The van der Waals surface area contributed by atoms with E-state index >= 15 is 0 Å². The molecule has 1 nitrogen and oxygen atoms in total. The number of halogens is 3. The molecule has 4 heteroatoms. The quantitative estimate of drug-likeness (QED) is 0.516. The highest BCUT2D eigenvalue weighted by atomic mass is 35.5. The van der Waals surface area contributed by atoms with Crippen molar-refractivity contribution in [1.29, 1.82) is 0 Å². The first-order valence-electron chi connectivity index (χ1n) is 4.23. The molecule has 0 aromatic carbocycles. The van der Waals surface area contributed by atoms with E-state index in [0.717, 1.165) is 19.3 Å². The van der Waals surface area contributed by atoms with E-state index in [1.807, 2.05) is 6.92 Å². The van der Waals surface area contributed by atoms with Gasteiger partial charge in [0.25, 0.3) is 0 Å². The largest absolute Gasteiger partial charge is 0.385 e. The highest BCUT2D eigenvalue weighted by molar-refractivity contribution is 6.22. The molecule has 1 N–H and O–H groups in total. The van der Waals surface area contributed by atoms with Crippen LogP contribution in [0.3, 0.4) is 0 Å². The van der Waals surface area contributed by atoms with Crippen LogP contribution in [0.15, 0.2) is 0 Å². The molecule has 0 heterocycles. The molecule has 1 atom stereocenters. The van der Waals surface area contributed by atoms with E-state index in [9.17, 15) is 8.78 Å². The van der Waals surface area contributed by atoms with Crippen molar-refractivity contribution in [2.75, 3.05) is 0 Å². The van der Waals surface area contributed by atoms with Gasteiger partial charge in [0.05, 0.1) is 0 Å². The molecule has 0 radical (unpaired) electrons. The summed E-state index contributed by atoms with van der Waals surface area (Å²) in [6.07, 6.45) is 1.93. The lowest BCUT2D eigenvalue weighted by molar-refractivity contribution is -0.0452. The van der Waals surface area contributed by atoms with Crippen molar-refractivity contribution in [3.05, 3.63) is 0 Å². The number of hydrogen-bond acceptors (Lipinski definition) is 1. The van der Waals surface area contributed by atoms with Crippen LogP contribution in [0.5, 0.6) is 0 Å². The predicted octanol–water partition coefficient (Wildman–Crippen LogP) is 3.15. The van der Waals surface area contributed by atoms with Crippen molar-refractivity contribution in [2.24, 2.45) is 0 Å². The van der Waals surface area contributed by atoms with Crippen LogP contribution in [0.2, 0.25) is 0 Å². The fourth-order valence-corrected chi connectivity index (χ4v) is 1.04. The van der Waals surface area contributed by atoms with Crippen LogP contribution in [-0.2, 0) is 0 Å². The first-order valence-corrected chi connectivity index (χ1v) is 4.61. The average Bonchev–Trinajstić information content (AvgIpc) is 1.96. The van der Waals surface area contributed by atoms with Gasteiger partial charge >= 0.3 is 5.38 Å². The molecule has 0 aliphatic rings. The highest BCUT2D eigenvalue weighted by Gasteiger charge is 2.34. The molecule has 12 heavy (non-hydrogen) atoms. The standard InChI is InChI=1S/C8H15ClF2O/c1-2-3-4-5-6-7(12)8(9,10)11/h7,12H,2-6H2,1H3/t7-/m0/s1. The SMILES string of the molecule is CCCCCC[C@H](O)C(F)(F)Cl. The Balaban J connectivity index is 3.38. The summed E-state index contributed by atoms with van der Waals surface area (Å²) in [5, 5.41) is 5.34. The summed E-state index contributed by atoms with van der Waals surface area (Å²) in [7, 11) is 0. The smallest absolute Gasteiger partial charge is 0.347 e. The Morgan fingerprint density at radius 3 is 2.33 bits per heavy atom. The van der Waals surface area contributed by atoms with Gasteiger partial charge in [0.15, 0.2) is 0 Å². The summed E-state index contributed by atoms with van der Waals surface area (Å²) in [6.45, 7) is 2.03. The molecule has 0 saturated carbocycles. The summed E-state index contributed by atoms with van der Waals surface area (Å²) in [5.41, 5.74) is 0. The second-order valence-electron chi connectivity index (χ2n) is 2.91. The van der Waals surface area contributed by atoms with Crippen molar-refractivity contribution in [1.82, 2.24) is 0 Å². The number of aliphatic hydroxyl groups excluding tert-OH is 1. The lowest BCUT2D eigenvalue weighted by Gasteiger charge is -2.15. The molecular formula is C8H15ClF2O. The Kier molecular flexibility index (Phi) is 5.76. The average molecular weight is 201 g/mol. The van der Waals surface area contributed by atoms with Gasteiger partial charge in [-0.25, -0.2) is 0 Å². The zero-order chi connectivity index (χ0) is 9.61. The third-order valence-corrected chi connectivity index (χ3v) is 1.96. The van der Waals surface area contributed by atoms with Crippen molar-refractivity contribution >= 4 is 11.6 Å². The molecule has 0 aliphatic carbocycles. The van der Waals surface area contributed by atoms with Crippen LogP contribution < -0.4 is 0 Å². The second kappa shape index (κ2) is 5.70. The van der Waals surface area contributed by atoms with Gasteiger partial charge in [0.2, 0.25) is 0 Å². The van der Waals surface area contributed by atoms with E-state index in [2.05, 4.69) is 11.6 Å². The molecule has 0 fully saturated rings. The molecule has 0 bridgehead atoms. The number of unbranched alkanes of at least 4 members (excludes halogenated alkanes) is 3. The first-order chi connectivity index (χ1) is 5.48. The van der Waals surface area contributed by atoms with Gasteiger partial charge in [-0.1, -0.05) is 32.6 Å². The van der Waals surface area contributed by atoms with Gasteiger partial charge in [-0.2, -0.15) is 8.78 Å². The molecule has 0 spiro atoms. The third-order valence-electron chi connectivity index (χ3n) is 1.71. The molecule has 0 aliphatic heterocycles. The van der Waals surface area contributed by atoms with Gasteiger partial charge in [-0.05, 0) is 18.0 Å². The molecule has 0 rings (SSSR count). The Bertz CT molecular complexity index is 114. The van der Waals surface area contributed by atoms with Gasteiger partial charge in [-0.15, -0.1) is 0 Å². The molecule has 0 aromatic heterocycles. The van der Waals surface area contributed by atoms with Crippen molar-refractivity contribution in [2.45, 2.75) is 50.5 Å². The Morgan fingerprint density at radius 2 is 1.92 bits per heavy atom. The van der Waals surface area contributed by atoms with E-state index in [1.54, 1.807) is 0 Å². The van der Waals surface area contributed by atoms with E-state index in [-0.39, 0.29) is 6.42 Å². The van der Waals surface area contributed by atoms with Crippen LogP contribution in [-0.4, -0.2) is 16.6 Å². The Hall–Kier alpha value is 0.110. The van der Waals surface area contributed by atoms with Crippen LogP contribution >= 0.6 is 11.6 Å². The molecule has 0 unspecified atom stereocenters. The minimum atomic E-state index is -3.47. The van der Waals surface area contributed by atoms with Gasteiger partial charge < -0.3 is 5.11 Å². The van der Waals surface area contributed by atoms with Crippen LogP contribution in [0.25, 0.3) is 0 Å². The van der Waals surface area contributed by atoms with Gasteiger partial charge in [0.1, 0.15) is 6.10 Å². The summed E-state index contributed by atoms with van der Waals surface area (Å²) >= 11 is 4.61. The maximum Gasteiger partial charge on any atom is 0.347 e. The Morgan fingerprint density at radius 1 is 1.33 bits per heavy atom. The van der Waals surface area contributed by atoms with Crippen LogP contribution in [0.4, 0.5) is 8.78 Å². The normalized spacial score (nSPS) is 14.8. The maximum atomic E-state index is 12.1. The van der Waals surface area contributed by atoms with E-state index in [1.165, 1.54) is 0 Å². The minimum absolute atomic E-state index is 0.0799. The predicted molar refractivity (Wildman–Crippen MR) is 45.6 cm³/mol. The van der Waals surface area contributed by atoms with Crippen molar-refractivity contribution in [3.63, 3.8) is 0 Å². The molecule has 74 valence electrons. The van der Waals surface area contributed by atoms with E-state index < -0.39 is 11.5 Å². The zero-order valence-electron chi connectivity index (χ0n) is 7.19. The highest BCUT2D eigenvalue weighted by Crippen LogP contribution is 2.26. The summed E-state index contributed by atoms with van der Waals surface area (Å²) in [4.78, 5) is 0. The van der Waals surface area contributed by atoms with Crippen LogP contribution in [0, 0.1) is 0 Å². The topological polar surface area (TPSA) is 20.2 Å². The summed E-state index contributed by atoms with van der Waals surface area (Å²) in [5.74, 6) is 0. The monoisotopic (exact) mass is 200 g/mol. The van der Waals surface area contributed by atoms with Crippen molar-refractivity contribution in [3.8, 4) is 0 Å². The Labute approximate surface area is 76.7 Å². The summed E-state index contributed by atoms with van der Waals surface area (Å²) < 4.78 is 24.3. The lowest BCUT2D eigenvalue weighted by atomic mass is 10.1. The van der Waals surface area contributed by atoms with Crippen LogP contribution in [0.1, 0.15) is 39.0 Å². The zero-order valence-corrected chi connectivity index (χ0v) is 7.95. The van der Waals surface area contributed by atoms with E-state index in [0.29, 0.717) is 6.42 Å². The fourth-order valence-electron chi connectivity index (χ4n) is 0.928. The van der Waals surface area contributed by atoms with Gasteiger partial charge in [-0.3, -0.25) is 0 Å². The molecular weight excluding hydrogens is 186 g/mol. The maximum absolute atomic E-state index is 12.1.